The van der Waals surface area contributed by atoms with Crippen molar-refractivity contribution in [3.05, 3.63) is 53.1 Å². The Labute approximate surface area is 239 Å². The number of nitrogens with zero attached hydrogens (tertiary/aromatic N) is 1. The van der Waals surface area contributed by atoms with Crippen LogP contribution >= 0.6 is 0 Å². The number of nitrogen functional groups attached to an aromatic ring is 1. The van der Waals surface area contributed by atoms with E-state index in [2.05, 4.69) is 24.1 Å². The van der Waals surface area contributed by atoms with Crippen LogP contribution in [0.2, 0.25) is 0 Å². The maximum atomic E-state index is 15.2. The second-order valence-corrected chi connectivity index (χ2v) is 12.0. The number of amides is 1. The van der Waals surface area contributed by atoms with Gasteiger partial charge in [0.25, 0.3) is 5.92 Å². The first-order valence-corrected chi connectivity index (χ1v) is 14.7. The summed E-state index contributed by atoms with van der Waals surface area (Å²) in [6.07, 6.45) is 4.92. The molecule has 5 rings (SSSR count). The van der Waals surface area contributed by atoms with Crippen molar-refractivity contribution in [2.24, 2.45) is 0 Å². The number of benzene rings is 2. The van der Waals surface area contributed by atoms with Gasteiger partial charge in [0.2, 0.25) is 5.91 Å². The van der Waals surface area contributed by atoms with Gasteiger partial charge in [-0.3, -0.25) is 4.79 Å². The number of anilines is 1. The molecule has 1 aliphatic heterocycles. The highest BCUT2D eigenvalue weighted by atomic mass is 19.3. The fourth-order valence-electron chi connectivity index (χ4n) is 6.39. The van der Waals surface area contributed by atoms with Gasteiger partial charge in [-0.25, -0.2) is 8.78 Å². The SMILES string of the molecule is CC(C)N1CCC(O[C@H]2CCCC(F)(F)[C@@H]2NC(=O)Cc2cccc(-c3ccc(N)c(C=N)c3)c2C2CC2)CC1.[HH].[HH]. The Morgan fingerprint density at radius 2 is 1.95 bits per heavy atom. The molecular formula is C32H46F2N4O2. The molecule has 220 valence electrons. The van der Waals surface area contributed by atoms with Gasteiger partial charge in [-0.1, -0.05) is 24.3 Å². The zero-order valence-corrected chi connectivity index (χ0v) is 23.6. The van der Waals surface area contributed by atoms with Crippen molar-refractivity contribution < 1.29 is 21.2 Å². The molecule has 0 aromatic heterocycles. The van der Waals surface area contributed by atoms with E-state index in [4.69, 9.17) is 15.9 Å². The van der Waals surface area contributed by atoms with E-state index in [-0.39, 0.29) is 21.8 Å². The Hall–Kier alpha value is -2.84. The van der Waals surface area contributed by atoms with Crippen LogP contribution in [0.5, 0.6) is 0 Å². The molecule has 2 aromatic rings. The van der Waals surface area contributed by atoms with E-state index in [1.54, 1.807) is 6.07 Å². The highest BCUT2D eigenvalue weighted by Crippen LogP contribution is 2.46. The van der Waals surface area contributed by atoms with Gasteiger partial charge in [0.05, 0.1) is 18.6 Å². The number of carbonyl (C=O) groups excluding carboxylic acids is 1. The maximum Gasteiger partial charge on any atom is 0.270 e. The monoisotopic (exact) mass is 556 g/mol. The second kappa shape index (κ2) is 12.0. The van der Waals surface area contributed by atoms with Crippen molar-refractivity contribution in [1.82, 2.24) is 10.2 Å². The molecule has 1 amide bonds. The molecule has 40 heavy (non-hydrogen) atoms. The third-order valence-corrected chi connectivity index (χ3v) is 8.80. The summed E-state index contributed by atoms with van der Waals surface area (Å²) in [5.41, 5.74) is 11.1. The summed E-state index contributed by atoms with van der Waals surface area (Å²) in [4.78, 5) is 15.7. The van der Waals surface area contributed by atoms with E-state index in [1.165, 1.54) is 6.21 Å². The Balaban J connectivity index is 0.00000242. The number of nitrogens with two attached hydrogens (primary N) is 1. The summed E-state index contributed by atoms with van der Waals surface area (Å²) in [6, 6.07) is 10.6. The molecule has 8 heteroatoms. The van der Waals surface area contributed by atoms with Gasteiger partial charge in [0.1, 0.15) is 6.04 Å². The molecular weight excluding hydrogens is 510 g/mol. The first kappa shape index (κ1) is 28.7. The van der Waals surface area contributed by atoms with Gasteiger partial charge < -0.3 is 26.1 Å². The number of alkyl halides is 2. The smallest absolute Gasteiger partial charge is 0.270 e. The summed E-state index contributed by atoms with van der Waals surface area (Å²) in [7, 11) is 0. The number of halogens is 2. The van der Waals surface area contributed by atoms with Gasteiger partial charge in [-0.15, -0.1) is 0 Å². The lowest BCUT2D eigenvalue weighted by Crippen LogP contribution is -2.58. The minimum Gasteiger partial charge on any atom is -0.398 e. The average Bonchev–Trinajstić information content (AvgIpc) is 3.76. The first-order valence-electron chi connectivity index (χ1n) is 14.7. The Kier molecular flexibility index (Phi) is 8.57. The summed E-state index contributed by atoms with van der Waals surface area (Å²) in [5.74, 6) is -3.07. The number of piperidine rings is 1. The number of ether oxygens (including phenoxy) is 1. The normalized spacial score (nSPS) is 23.7. The van der Waals surface area contributed by atoms with Gasteiger partial charge >= 0.3 is 0 Å². The number of hydrogen-bond donors (Lipinski definition) is 3. The third kappa shape index (κ3) is 6.39. The van der Waals surface area contributed by atoms with Crippen LogP contribution in [0.25, 0.3) is 11.1 Å². The number of rotatable bonds is 9. The Morgan fingerprint density at radius 3 is 2.62 bits per heavy atom. The zero-order valence-electron chi connectivity index (χ0n) is 23.6. The third-order valence-electron chi connectivity index (χ3n) is 8.80. The van der Waals surface area contributed by atoms with Crippen LogP contribution in [-0.4, -0.2) is 60.3 Å². The van der Waals surface area contributed by atoms with Crippen LogP contribution in [-0.2, 0) is 16.0 Å². The van der Waals surface area contributed by atoms with Crippen LogP contribution in [0.4, 0.5) is 14.5 Å². The fourth-order valence-corrected chi connectivity index (χ4v) is 6.39. The molecule has 4 N–H and O–H groups in total. The average molecular weight is 557 g/mol. The molecule has 2 aliphatic carbocycles. The molecule has 0 radical (unpaired) electrons. The van der Waals surface area contributed by atoms with E-state index in [1.807, 2.05) is 30.3 Å². The molecule has 0 unspecified atom stereocenters. The lowest BCUT2D eigenvalue weighted by Gasteiger charge is -2.42. The second-order valence-electron chi connectivity index (χ2n) is 12.0. The number of carbonyl (C=O) groups is 1. The fraction of sp³-hybridized carbons (Fsp3) is 0.562. The molecule has 1 saturated heterocycles. The predicted molar refractivity (Wildman–Crippen MR) is 159 cm³/mol. The largest absolute Gasteiger partial charge is 0.398 e. The Morgan fingerprint density at radius 1 is 1.20 bits per heavy atom. The van der Waals surface area contributed by atoms with Crippen molar-refractivity contribution in [2.45, 2.75) is 101 Å². The molecule has 1 heterocycles. The summed E-state index contributed by atoms with van der Waals surface area (Å²) < 4.78 is 36.7. The Bertz CT molecular complexity index is 1230. The van der Waals surface area contributed by atoms with Gasteiger partial charge in [-0.05, 0) is 92.7 Å². The number of nitrogens with one attached hydrogen (secondary N) is 2. The first-order chi connectivity index (χ1) is 19.2. The van der Waals surface area contributed by atoms with Crippen LogP contribution in [0.3, 0.4) is 0 Å². The number of likely N-dealkylation sites (tertiary alicyclic amines) is 1. The van der Waals surface area contributed by atoms with Crippen LogP contribution in [0.1, 0.15) is 84.3 Å². The van der Waals surface area contributed by atoms with E-state index in [0.29, 0.717) is 36.1 Å². The van der Waals surface area contributed by atoms with Crippen molar-refractivity contribution >= 4 is 17.8 Å². The van der Waals surface area contributed by atoms with E-state index in [0.717, 1.165) is 61.0 Å². The predicted octanol–water partition coefficient (Wildman–Crippen LogP) is 6.41. The molecule has 2 saturated carbocycles. The zero-order chi connectivity index (χ0) is 28.4. The quantitative estimate of drug-likeness (QED) is 0.246. The minimum absolute atomic E-state index is 0. The van der Waals surface area contributed by atoms with Crippen LogP contribution in [0, 0.1) is 5.41 Å². The van der Waals surface area contributed by atoms with Crippen molar-refractivity contribution in [2.75, 3.05) is 18.8 Å². The van der Waals surface area contributed by atoms with Gasteiger partial charge in [-0.2, -0.15) is 0 Å². The van der Waals surface area contributed by atoms with Crippen LogP contribution in [0.15, 0.2) is 36.4 Å². The maximum absolute atomic E-state index is 15.2. The van der Waals surface area contributed by atoms with Gasteiger partial charge in [0, 0.05) is 45.9 Å². The van der Waals surface area contributed by atoms with Crippen molar-refractivity contribution in [1.29, 1.82) is 5.41 Å². The van der Waals surface area contributed by atoms with Crippen LogP contribution < -0.4 is 11.1 Å². The summed E-state index contributed by atoms with van der Waals surface area (Å²) in [6.45, 7) is 6.14. The molecule has 3 fully saturated rings. The lowest BCUT2D eigenvalue weighted by atomic mass is 9.87. The molecule has 2 aromatic carbocycles. The molecule has 3 aliphatic rings. The van der Waals surface area contributed by atoms with Gasteiger partial charge in [0.15, 0.2) is 0 Å². The summed E-state index contributed by atoms with van der Waals surface area (Å²) >= 11 is 0. The highest BCUT2D eigenvalue weighted by molar-refractivity contribution is 5.88. The molecule has 0 bridgehead atoms. The van der Waals surface area contributed by atoms with Crippen molar-refractivity contribution in [3.63, 3.8) is 0 Å². The topological polar surface area (TPSA) is 91.4 Å². The van der Waals surface area contributed by atoms with E-state index in [9.17, 15) is 4.79 Å². The number of hydrogen-bond acceptors (Lipinski definition) is 5. The summed E-state index contributed by atoms with van der Waals surface area (Å²) in [5, 5.41) is 10.4. The van der Waals surface area contributed by atoms with E-state index < -0.39 is 24.0 Å². The molecule has 2 atom stereocenters. The lowest BCUT2D eigenvalue weighted by molar-refractivity contribution is -0.157. The molecule has 0 spiro atoms. The highest BCUT2D eigenvalue weighted by Gasteiger charge is 2.49. The standard InChI is InChI=1S/C32H42F2N4O2.2H2/c1-20(2)38-15-12-25(13-16-38)40-28-7-4-14-32(33,34)31(28)37-29(39)18-23-5-3-6-26(30(23)21-8-9-21)22-10-11-27(36)24(17-22)19-35;;/h3,5-6,10-11,17,19-21,25,28,31,35H,4,7-9,12-16,18,36H2,1-2H3,(H,37,39);2*1H/t28-,31+;;/m0../s1. The van der Waals surface area contributed by atoms with E-state index >= 15 is 8.78 Å². The van der Waals surface area contributed by atoms with Crippen molar-refractivity contribution in [3.8, 4) is 11.1 Å². The molecule has 6 nitrogen and oxygen atoms in total. The minimum atomic E-state index is -3.01.